The summed E-state index contributed by atoms with van der Waals surface area (Å²) in [6, 6.07) is 16.7. The maximum Gasteiger partial charge on any atom is 0.191 e. The number of aromatic nitrogens is 2. The maximum atomic E-state index is 6.12. The second kappa shape index (κ2) is 11.2. The quantitative estimate of drug-likeness (QED) is 0.401. The van der Waals surface area contributed by atoms with Gasteiger partial charge in [-0.3, -0.25) is 4.99 Å². The van der Waals surface area contributed by atoms with Crippen molar-refractivity contribution < 1.29 is 4.74 Å². The minimum absolute atomic E-state index is 0.182. The highest BCUT2D eigenvalue weighted by molar-refractivity contribution is 5.79. The Kier molecular flexibility index (Phi) is 8.10. The van der Waals surface area contributed by atoms with Gasteiger partial charge in [0, 0.05) is 38.1 Å². The van der Waals surface area contributed by atoms with Gasteiger partial charge in [-0.25, -0.2) is 4.98 Å². The average Bonchev–Trinajstić information content (AvgIpc) is 3.22. The second-order valence-electron chi connectivity index (χ2n) is 7.68. The minimum Gasteiger partial charge on any atom is -0.490 e. The van der Waals surface area contributed by atoms with Crippen LogP contribution in [0.25, 0.3) is 0 Å². The van der Waals surface area contributed by atoms with E-state index in [0.29, 0.717) is 13.1 Å². The van der Waals surface area contributed by atoms with E-state index >= 15 is 0 Å². The van der Waals surface area contributed by atoms with Crippen LogP contribution in [0.15, 0.2) is 65.9 Å². The second-order valence-corrected chi connectivity index (χ2v) is 7.68. The van der Waals surface area contributed by atoms with E-state index < -0.39 is 0 Å². The molecule has 0 fully saturated rings. The lowest BCUT2D eigenvalue weighted by Gasteiger charge is -2.18. The van der Waals surface area contributed by atoms with Crippen LogP contribution in [-0.2, 0) is 19.6 Å². The van der Waals surface area contributed by atoms with Crippen molar-refractivity contribution in [1.29, 1.82) is 0 Å². The van der Waals surface area contributed by atoms with Crippen molar-refractivity contribution in [2.45, 2.75) is 52.9 Å². The summed E-state index contributed by atoms with van der Waals surface area (Å²) in [6.07, 6.45) is 4.99. The topological polar surface area (TPSA) is 63.5 Å². The van der Waals surface area contributed by atoms with Crippen molar-refractivity contribution in [2.75, 3.05) is 7.05 Å². The molecule has 164 valence electrons. The first-order chi connectivity index (χ1) is 15.1. The van der Waals surface area contributed by atoms with Crippen LogP contribution in [-0.4, -0.2) is 28.7 Å². The minimum atomic E-state index is 0.182. The van der Waals surface area contributed by atoms with E-state index in [1.807, 2.05) is 18.5 Å². The summed E-state index contributed by atoms with van der Waals surface area (Å²) in [4.78, 5) is 8.86. The number of benzene rings is 2. The lowest BCUT2D eigenvalue weighted by Crippen LogP contribution is -2.37. The van der Waals surface area contributed by atoms with Gasteiger partial charge in [-0.05, 0) is 37.5 Å². The van der Waals surface area contributed by atoms with Gasteiger partial charge in [0.25, 0.3) is 0 Å². The van der Waals surface area contributed by atoms with Crippen LogP contribution in [0, 0.1) is 6.92 Å². The van der Waals surface area contributed by atoms with Crippen LogP contribution in [0.2, 0.25) is 0 Å². The van der Waals surface area contributed by atoms with Crippen LogP contribution >= 0.6 is 0 Å². The summed E-state index contributed by atoms with van der Waals surface area (Å²) in [5.74, 6) is 2.61. The normalized spacial score (nSPS) is 12.5. The van der Waals surface area contributed by atoms with Crippen molar-refractivity contribution in [2.24, 2.45) is 4.99 Å². The Balaban J connectivity index is 1.59. The summed E-state index contributed by atoms with van der Waals surface area (Å²) in [5, 5.41) is 6.76. The van der Waals surface area contributed by atoms with Gasteiger partial charge in [0.15, 0.2) is 5.96 Å². The molecule has 0 spiro atoms. The summed E-state index contributed by atoms with van der Waals surface area (Å²) in [6.45, 7) is 8.32. The first-order valence-corrected chi connectivity index (χ1v) is 10.8. The van der Waals surface area contributed by atoms with Crippen LogP contribution in [0.3, 0.4) is 0 Å². The molecule has 1 aromatic heterocycles. The third kappa shape index (κ3) is 6.60. The Hall–Kier alpha value is -3.28. The third-order valence-electron chi connectivity index (χ3n) is 5.21. The van der Waals surface area contributed by atoms with Gasteiger partial charge in [0.1, 0.15) is 11.6 Å². The number of hydrogen-bond donors (Lipinski definition) is 2. The van der Waals surface area contributed by atoms with Gasteiger partial charge in [0.05, 0.1) is 12.6 Å². The molecular weight excluding hydrogens is 386 g/mol. The number of rotatable bonds is 9. The predicted octanol–water partition coefficient (Wildman–Crippen LogP) is 4.28. The summed E-state index contributed by atoms with van der Waals surface area (Å²) in [5.41, 5.74) is 3.55. The summed E-state index contributed by atoms with van der Waals surface area (Å²) in [7, 11) is 1.78. The van der Waals surface area contributed by atoms with Crippen molar-refractivity contribution in [3.63, 3.8) is 0 Å². The molecule has 31 heavy (non-hydrogen) atoms. The largest absolute Gasteiger partial charge is 0.490 e. The molecule has 0 radical (unpaired) electrons. The molecule has 1 atom stereocenters. The molecule has 0 bridgehead atoms. The number of nitrogens with one attached hydrogen (secondary N) is 2. The smallest absolute Gasteiger partial charge is 0.191 e. The van der Waals surface area contributed by atoms with E-state index in [1.165, 1.54) is 11.1 Å². The molecule has 3 aromatic rings. The number of ether oxygens (including phenoxy) is 1. The molecule has 0 amide bonds. The third-order valence-corrected chi connectivity index (χ3v) is 5.21. The number of imidazole rings is 1. The number of aliphatic imine (C=N–C) groups is 1. The van der Waals surface area contributed by atoms with E-state index in [0.717, 1.165) is 36.1 Å². The lowest BCUT2D eigenvalue weighted by molar-refractivity contribution is 0.215. The Bertz CT molecular complexity index is 981. The molecule has 2 N–H and O–H groups in total. The van der Waals surface area contributed by atoms with E-state index in [9.17, 15) is 0 Å². The highest BCUT2D eigenvalue weighted by Crippen LogP contribution is 2.22. The SMILES string of the molecule is CCC(C)Oc1cc(C)ccc1CNC(=NC)NCc1nccn1Cc1ccccc1. The molecule has 6 heteroatoms. The first kappa shape index (κ1) is 22.4. The first-order valence-electron chi connectivity index (χ1n) is 10.8. The Morgan fingerprint density at radius 3 is 2.65 bits per heavy atom. The predicted molar refractivity (Wildman–Crippen MR) is 126 cm³/mol. The molecular formula is C25H33N5O. The maximum absolute atomic E-state index is 6.12. The highest BCUT2D eigenvalue weighted by Gasteiger charge is 2.10. The molecule has 0 aliphatic rings. The summed E-state index contributed by atoms with van der Waals surface area (Å²) < 4.78 is 8.27. The number of nitrogens with zero attached hydrogens (tertiary/aromatic N) is 3. The van der Waals surface area contributed by atoms with Crippen LogP contribution < -0.4 is 15.4 Å². The summed E-state index contributed by atoms with van der Waals surface area (Å²) >= 11 is 0. The standard InChI is InChI=1S/C25H33N5O/c1-5-20(3)31-23-15-19(2)11-12-22(23)16-28-25(26-4)29-17-24-27-13-14-30(24)18-21-9-7-6-8-10-21/h6-15,20H,5,16-18H2,1-4H3,(H2,26,28,29). The van der Waals surface area contributed by atoms with E-state index in [4.69, 9.17) is 4.74 Å². The van der Waals surface area contributed by atoms with E-state index in [2.05, 4.69) is 88.4 Å². The number of hydrogen-bond acceptors (Lipinski definition) is 3. The zero-order valence-electron chi connectivity index (χ0n) is 18.9. The molecule has 6 nitrogen and oxygen atoms in total. The Morgan fingerprint density at radius 2 is 1.90 bits per heavy atom. The lowest BCUT2D eigenvalue weighted by atomic mass is 10.1. The van der Waals surface area contributed by atoms with Crippen LogP contribution in [0.5, 0.6) is 5.75 Å². The Morgan fingerprint density at radius 1 is 1.13 bits per heavy atom. The fraction of sp³-hybridized carbons (Fsp3) is 0.360. The van der Waals surface area contributed by atoms with Gasteiger partial charge >= 0.3 is 0 Å². The molecule has 1 heterocycles. The number of guanidine groups is 1. The van der Waals surface area contributed by atoms with E-state index in [1.54, 1.807) is 7.05 Å². The molecule has 3 rings (SSSR count). The van der Waals surface area contributed by atoms with E-state index in [-0.39, 0.29) is 6.10 Å². The zero-order valence-corrected chi connectivity index (χ0v) is 18.9. The zero-order chi connectivity index (χ0) is 22.1. The van der Waals surface area contributed by atoms with Crippen molar-refractivity contribution in [3.05, 3.63) is 83.4 Å². The average molecular weight is 420 g/mol. The van der Waals surface area contributed by atoms with Gasteiger partial charge in [-0.1, -0.05) is 49.4 Å². The van der Waals surface area contributed by atoms with Crippen molar-refractivity contribution >= 4 is 5.96 Å². The van der Waals surface area contributed by atoms with Gasteiger partial charge in [0.2, 0.25) is 0 Å². The van der Waals surface area contributed by atoms with Crippen LogP contribution in [0.4, 0.5) is 0 Å². The molecule has 1 unspecified atom stereocenters. The van der Waals surface area contributed by atoms with Crippen molar-refractivity contribution in [3.8, 4) is 5.75 Å². The van der Waals surface area contributed by atoms with Gasteiger partial charge < -0.3 is 19.9 Å². The fourth-order valence-electron chi connectivity index (χ4n) is 3.21. The van der Waals surface area contributed by atoms with Crippen LogP contribution in [0.1, 0.15) is 42.8 Å². The monoisotopic (exact) mass is 419 g/mol. The molecule has 2 aromatic carbocycles. The van der Waals surface area contributed by atoms with Gasteiger partial charge in [-0.2, -0.15) is 0 Å². The number of aryl methyl sites for hydroxylation is 1. The highest BCUT2D eigenvalue weighted by atomic mass is 16.5. The van der Waals surface area contributed by atoms with Crippen molar-refractivity contribution in [1.82, 2.24) is 20.2 Å². The molecule has 0 aliphatic carbocycles. The fourth-order valence-corrected chi connectivity index (χ4v) is 3.21. The molecule has 0 aliphatic heterocycles. The molecule has 0 saturated carbocycles. The van der Waals surface area contributed by atoms with Gasteiger partial charge in [-0.15, -0.1) is 0 Å². The molecule has 0 saturated heterocycles. The Labute approximate surface area is 185 Å².